The first-order chi connectivity index (χ1) is 11.1. The number of likely N-dealkylation sites (tertiary alicyclic amines) is 1. The first-order valence-corrected chi connectivity index (χ1v) is 8.08. The Morgan fingerprint density at radius 3 is 2.61 bits per heavy atom. The SMILES string of the molecule is CCN1CC[C@@H]2[C@H](C)C(=O)C(C#N)=C[C@@]2(c2ccccc2)C1=O. The van der Waals surface area contributed by atoms with E-state index >= 15 is 0 Å². The van der Waals surface area contributed by atoms with Gasteiger partial charge in [-0.1, -0.05) is 37.3 Å². The number of amides is 1. The van der Waals surface area contributed by atoms with Crippen LogP contribution in [0.4, 0.5) is 0 Å². The van der Waals surface area contributed by atoms with Gasteiger partial charge in [0.25, 0.3) is 0 Å². The average molecular weight is 308 g/mol. The van der Waals surface area contributed by atoms with Crippen LogP contribution in [0, 0.1) is 23.2 Å². The number of Topliss-reactive ketones (excluding diaryl/α,β-unsaturated/α-hetero) is 1. The largest absolute Gasteiger partial charge is 0.342 e. The highest BCUT2D eigenvalue weighted by Crippen LogP contribution is 2.48. The number of allylic oxidation sites excluding steroid dienone is 1. The number of fused-ring (bicyclic) bond motifs is 1. The standard InChI is InChI=1S/C19H20N2O2/c1-3-21-10-9-16-13(2)17(22)14(12-20)11-19(16,18(21)23)15-7-5-4-6-8-15/h4-8,11,13,16H,3,9-10H2,1-2H3/t13-,16+,19-/m0/s1. The minimum atomic E-state index is -0.895. The van der Waals surface area contributed by atoms with Gasteiger partial charge in [0.15, 0.2) is 5.78 Å². The number of carbonyl (C=O) groups excluding carboxylic acids is 2. The summed E-state index contributed by atoms with van der Waals surface area (Å²) in [5.41, 5.74) is 0.0950. The molecule has 0 radical (unpaired) electrons. The highest BCUT2D eigenvalue weighted by Gasteiger charge is 2.56. The number of piperidine rings is 1. The van der Waals surface area contributed by atoms with Gasteiger partial charge in [0.05, 0.1) is 11.0 Å². The number of nitriles is 1. The molecular weight excluding hydrogens is 288 g/mol. The monoisotopic (exact) mass is 308 g/mol. The fourth-order valence-corrected chi connectivity index (χ4v) is 4.11. The molecular formula is C19H20N2O2. The summed E-state index contributed by atoms with van der Waals surface area (Å²) in [5, 5.41) is 9.38. The van der Waals surface area contributed by atoms with E-state index in [-0.39, 0.29) is 29.1 Å². The lowest BCUT2D eigenvalue weighted by Crippen LogP contribution is -2.59. The molecule has 3 rings (SSSR count). The number of rotatable bonds is 2. The predicted molar refractivity (Wildman–Crippen MR) is 86.3 cm³/mol. The van der Waals surface area contributed by atoms with Crippen LogP contribution in [0.1, 0.15) is 25.8 Å². The molecule has 4 heteroatoms. The van der Waals surface area contributed by atoms with E-state index in [1.54, 1.807) is 6.08 Å². The van der Waals surface area contributed by atoms with Crippen molar-refractivity contribution in [3.63, 3.8) is 0 Å². The zero-order valence-corrected chi connectivity index (χ0v) is 13.5. The lowest BCUT2D eigenvalue weighted by atomic mass is 9.57. The van der Waals surface area contributed by atoms with E-state index in [0.717, 1.165) is 12.0 Å². The highest BCUT2D eigenvalue weighted by atomic mass is 16.2. The van der Waals surface area contributed by atoms with Crippen LogP contribution in [-0.4, -0.2) is 29.7 Å². The maximum absolute atomic E-state index is 13.3. The van der Waals surface area contributed by atoms with Gasteiger partial charge in [-0.2, -0.15) is 5.26 Å². The third-order valence-corrected chi connectivity index (χ3v) is 5.34. The lowest BCUT2D eigenvalue weighted by molar-refractivity contribution is -0.144. The van der Waals surface area contributed by atoms with Crippen molar-refractivity contribution in [2.24, 2.45) is 11.8 Å². The van der Waals surface area contributed by atoms with Crippen molar-refractivity contribution >= 4 is 11.7 Å². The Morgan fingerprint density at radius 1 is 1.30 bits per heavy atom. The molecule has 0 unspecified atom stereocenters. The van der Waals surface area contributed by atoms with Crippen LogP contribution < -0.4 is 0 Å². The molecule has 2 aliphatic rings. The van der Waals surface area contributed by atoms with Gasteiger partial charge < -0.3 is 4.90 Å². The molecule has 0 N–H and O–H groups in total. The molecule has 1 heterocycles. The van der Waals surface area contributed by atoms with Gasteiger partial charge in [0, 0.05) is 19.0 Å². The minimum Gasteiger partial charge on any atom is -0.342 e. The first kappa shape index (κ1) is 15.5. The summed E-state index contributed by atoms with van der Waals surface area (Å²) < 4.78 is 0. The van der Waals surface area contributed by atoms with Crippen LogP contribution in [0.2, 0.25) is 0 Å². The molecule has 118 valence electrons. The zero-order valence-electron chi connectivity index (χ0n) is 13.5. The van der Waals surface area contributed by atoms with Crippen LogP contribution in [-0.2, 0) is 15.0 Å². The molecule has 1 aromatic rings. The molecule has 3 atom stereocenters. The van der Waals surface area contributed by atoms with Crippen molar-refractivity contribution in [1.29, 1.82) is 5.26 Å². The summed E-state index contributed by atoms with van der Waals surface area (Å²) in [7, 11) is 0. The molecule has 0 spiro atoms. The summed E-state index contributed by atoms with van der Waals surface area (Å²) in [6.07, 6.45) is 2.41. The number of carbonyl (C=O) groups is 2. The number of nitrogens with zero attached hydrogens (tertiary/aromatic N) is 2. The topological polar surface area (TPSA) is 61.2 Å². The minimum absolute atomic E-state index is 0.00884. The number of ketones is 1. The highest BCUT2D eigenvalue weighted by molar-refractivity contribution is 6.06. The van der Waals surface area contributed by atoms with Crippen LogP contribution in [0.15, 0.2) is 42.0 Å². The van der Waals surface area contributed by atoms with Gasteiger partial charge >= 0.3 is 0 Å². The normalized spacial score (nSPS) is 30.5. The van der Waals surface area contributed by atoms with Gasteiger partial charge in [0.1, 0.15) is 6.07 Å². The van der Waals surface area contributed by atoms with E-state index in [2.05, 4.69) is 0 Å². The molecule has 1 saturated heterocycles. The molecule has 1 fully saturated rings. The Labute approximate surface area is 136 Å². The molecule has 0 saturated carbocycles. The summed E-state index contributed by atoms with van der Waals surface area (Å²) >= 11 is 0. The van der Waals surface area contributed by atoms with Crippen LogP contribution in [0.3, 0.4) is 0 Å². The summed E-state index contributed by atoms with van der Waals surface area (Å²) in [6, 6.07) is 11.6. The van der Waals surface area contributed by atoms with Crippen molar-refractivity contribution in [2.45, 2.75) is 25.7 Å². The third-order valence-electron chi connectivity index (χ3n) is 5.34. The quantitative estimate of drug-likeness (QED) is 0.843. The van der Waals surface area contributed by atoms with E-state index in [0.29, 0.717) is 13.1 Å². The zero-order chi connectivity index (χ0) is 16.6. The second kappa shape index (κ2) is 5.66. The Balaban J connectivity index is 2.28. The van der Waals surface area contributed by atoms with E-state index in [4.69, 9.17) is 0 Å². The second-order valence-corrected chi connectivity index (χ2v) is 6.34. The summed E-state index contributed by atoms with van der Waals surface area (Å²) in [4.78, 5) is 27.5. The van der Waals surface area contributed by atoms with Gasteiger partial charge in [0.2, 0.25) is 5.91 Å². The lowest BCUT2D eigenvalue weighted by Gasteiger charge is -2.49. The molecule has 23 heavy (non-hydrogen) atoms. The van der Waals surface area contributed by atoms with Crippen molar-refractivity contribution in [2.75, 3.05) is 13.1 Å². The molecule has 1 aromatic carbocycles. The Morgan fingerprint density at radius 2 is 2.00 bits per heavy atom. The van der Waals surface area contributed by atoms with E-state index in [1.807, 2.05) is 55.1 Å². The molecule has 4 nitrogen and oxygen atoms in total. The van der Waals surface area contributed by atoms with E-state index in [1.165, 1.54) is 0 Å². The molecule has 0 bridgehead atoms. The van der Waals surface area contributed by atoms with E-state index < -0.39 is 5.41 Å². The second-order valence-electron chi connectivity index (χ2n) is 6.34. The van der Waals surface area contributed by atoms with Crippen LogP contribution in [0.25, 0.3) is 0 Å². The number of benzene rings is 1. The van der Waals surface area contributed by atoms with Gasteiger partial charge in [-0.3, -0.25) is 9.59 Å². The fourth-order valence-electron chi connectivity index (χ4n) is 4.11. The van der Waals surface area contributed by atoms with Crippen LogP contribution in [0.5, 0.6) is 0 Å². The number of likely N-dealkylation sites (N-methyl/N-ethyl adjacent to an activating group) is 1. The van der Waals surface area contributed by atoms with Gasteiger partial charge in [-0.15, -0.1) is 0 Å². The average Bonchev–Trinajstić information content (AvgIpc) is 2.59. The molecule has 0 aromatic heterocycles. The molecule has 1 aliphatic carbocycles. The number of hydrogen-bond acceptors (Lipinski definition) is 3. The Bertz CT molecular complexity index is 717. The summed E-state index contributed by atoms with van der Waals surface area (Å²) in [5.74, 6) is -0.543. The fraction of sp³-hybridized carbons (Fsp3) is 0.421. The Kier molecular flexibility index (Phi) is 3.81. The molecule has 1 amide bonds. The maximum atomic E-state index is 13.3. The molecule has 1 aliphatic heterocycles. The van der Waals surface area contributed by atoms with Crippen molar-refractivity contribution in [3.05, 3.63) is 47.5 Å². The first-order valence-electron chi connectivity index (χ1n) is 8.08. The van der Waals surface area contributed by atoms with Crippen molar-refractivity contribution < 1.29 is 9.59 Å². The number of hydrogen-bond donors (Lipinski definition) is 0. The van der Waals surface area contributed by atoms with E-state index in [9.17, 15) is 14.9 Å². The van der Waals surface area contributed by atoms with Crippen molar-refractivity contribution in [1.82, 2.24) is 4.90 Å². The third kappa shape index (κ3) is 2.11. The predicted octanol–water partition coefficient (Wildman–Crippen LogP) is 2.46. The van der Waals surface area contributed by atoms with Gasteiger partial charge in [-0.05, 0) is 30.9 Å². The van der Waals surface area contributed by atoms with Crippen LogP contribution >= 0.6 is 0 Å². The smallest absolute Gasteiger partial charge is 0.237 e. The maximum Gasteiger partial charge on any atom is 0.237 e. The van der Waals surface area contributed by atoms with Gasteiger partial charge in [-0.25, -0.2) is 0 Å². The Hall–Kier alpha value is -2.41. The summed E-state index contributed by atoms with van der Waals surface area (Å²) in [6.45, 7) is 5.12. The van der Waals surface area contributed by atoms with Crippen molar-refractivity contribution in [3.8, 4) is 6.07 Å².